The molecule has 0 aliphatic carbocycles. The SMILES string of the molecule is COC(=O)[C@@H](N)CSCC(=O)C(=O)OCc1cccc(CO[N+](=O)[O-])c1. The van der Waals surface area contributed by atoms with E-state index in [1.54, 1.807) is 24.3 Å². The number of thioether (sulfide) groups is 1. The zero-order valence-corrected chi connectivity index (χ0v) is 14.7. The van der Waals surface area contributed by atoms with Crippen LogP contribution in [0.5, 0.6) is 0 Å². The van der Waals surface area contributed by atoms with Crippen LogP contribution in [-0.4, -0.2) is 47.5 Å². The molecule has 0 spiro atoms. The average molecular weight is 386 g/mol. The summed E-state index contributed by atoms with van der Waals surface area (Å²) < 4.78 is 9.34. The number of ketones is 1. The molecular formula is C15H18N2O8S. The second kappa shape index (κ2) is 11.1. The van der Waals surface area contributed by atoms with Gasteiger partial charge in [0, 0.05) is 5.75 Å². The summed E-state index contributed by atoms with van der Waals surface area (Å²) in [6.45, 7) is -0.395. The summed E-state index contributed by atoms with van der Waals surface area (Å²) in [6.07, 6.45) is 0. The quantitative estimate of drug-likeness (QED) is 0.242. The Morgan fingerprint density at radius 3 is 2.54 bits per heavy atom. The molecule has 0 aliphatic rings. The first kappa shape index (κ1) is 21.4. The summed E-state index contributed by atoms with van der Waals surface area (Å²) in [7, 11) is 1.20. The van der Waals surface area contributed by atoms with Gasteiger partial charge in [0.1, 0.15) is 19.3 Å². The average Bonchev–Trinajstić information content (AvgIpc) is 2.63. The van der Waals surface area contributed by atoms with Crippen LogP contribution in [0, 0.1) is 10.1 Å². The van der Waals surface area contributed by atoms with Crippen molar-refractivity contribution < 1.29 is 33.8 Å². The maximum Gasteiger partial charge on any atom is 0.375 e. The van der Waals surface area contributed by atoms with Crippen LogP contribution >= 0.6 is 11.8 Å². The molecule has 0 heterocycles. The van der Waals surface area contributed by atoms with Crippen LogP contribution in [0.2, 0.25) is 0 Å². The van der Waals surface area contributed by atoms with E-state index in [1.807, 2.05) is 0 Å². The zero-order valence-electron chi connectivity index (χ0n) is 13.9. The van der Waals surface area contributed by atoms with Crippen LogP contribution in [0.15, 0.2) is 24.3 Å². The number of carbonyl (C=O) groups excluding carboxylic acids is 3. The standard InChI is InChI=1S/C15H18N2O8S/c1-23-14(19)12(16)8-26-9-13(18)15(20)24-6-10-3-2-4-11(5-10)7-25-17(21)22/h2-5,12H,6-9,16H2,1H3/t12-/m0/s1. The minimum Gasteiger partial charge on any atom is -0.468 e. The van der Waals surface area contributed by atoms with Crippen LogP contribution in [0.1, 0.15) is 11.1 Å². The third-order valence-corrected chi connectivity index (χ3v) is 4.02. The maximum absolute atomic E-state index is 11.7. The highest BCUT2D eigenvalue weighted by molar-refractivity contribution is 8.00. The summed E-state index contributed by atoms with van der Waals surface area (Å²) >= 11 is 1.02. The predicted octanol–water partition coefficient (Wildman–Crippen LogP) is 0.241. The molecule has 0 saturated carbocycles. The van der Waals surface area contributed by atoms with Crippen molar-refractivity contribution in [2.75, 3.05) is 18.6 Å². The number of rotatable bonds is 11. The lowest BCUT2D eigenvalue weighted by atomic mass is 10.1. The lowest BCUT2D eigenvalue weighted by molar-refractivity contribution is -0.763. The fourth-order valence-corrected chi connectivity index (χ4v) is 2.53. The molecule has 0 aromatic heterocycles. The van der Waals surface area contributed by atoms with Gasteiger partial charge in [-0.05, 0) is 11.1 Å². The number of esters is 2. The summed E-state index contributed by atoms with van der Waals surface area (Å²) in [6, 6.07) is 5.55. The third-order valence-electron chi connectivity index (χ3n) is 2.96. The molecule has 0 unspecified atom stereocenters. The molecule has 2 N–H and O–H groups in total. The molecule has 11 heteroatoms. The van der Waals surface area contributed by atoms with E-state index in [4.69, 9.17) is 10.5 Å². The Balaban J connectivity index is 2.38. The molecule has 0 radical (unpaired) electrons. The fraction of sp³-hybridized carbons (Fsp3) is 0.400. The van der Waals surface area contributed by atoms with Crippen LogP contribution < -0.4 is 5.73 Å². The van der Waals surface area contributed by atoms with E-state index >= 15 is 0 Å². The molecule has 0 fully saturated rings. The smallest absolute Gasteiger partial charge is 0.375 e. The molecular weight excluding hydrogens is 368 g/mol. The summed E-state index contributed by atoms with van der Waals surface area (Å²) in [5, 5.41) is 9.26. The predicted molar refractivity (Wildman–Crippen MR) is 90.3 cm³/mol. The van der Waals surface area contributed by atoms with Crippen molar-refractivity contribution in [3.8, 4) is 0 Å². The molecule has 1 aromatic rings. The Labute approximate surface area is 153 Å². The molecule has 0 amide bonds. The van der Waals surface area contributed by atoms with Gasteiger partial charge in [-0.15, -0.1) is 10.1 Å². The highest BCUT2D eigenvalue weighted by atomic mass is 32.2. The van der Waals surface area contributed by atoms with Crippen molar-refractivity contribution in [1.82, 2.24) is 0 Å². The van der Waals surface area contributed by atoms with Crippen molar-refractivity contribution in [3.63, 3.8) is 0 Å². The van der Waals surface area contributed by atoms with Crippen LogP contribution in [0.25, 0.3) is 0 Å². The van der Waals surface area contributed by atoms with Crippen molar-refractivity contribution in [3.05, 3.63) is 45.5 Å². The summed E-state index contributed by atoms with van der Waals surface area (Å²) in [5.41, 5.74) is 6.58. The van der Waals surface area contributed by atoms with Gasteiger partial charge in [0.2, 0.25) is 5.78 Å². The lowest BCUT2D eigenvalue weighted by Gasteiger charge is -2.08. The van der Waals surface area contributed by atoms with Crippen LogP contribution in [0.4, 0.5) is 0 Å². The highest BCUT2D eigenvalue weighted by Gasteiger charge is 2.18. The summed E-state index contributed by atoms with van der Waals surface area (Å²) in [4.78, 5) is 48.9. The first-order valence-corrected chi connectivity index (χ1v) is 8.45. The van der Waals surface area contributed by atoms with Gasteiger partial charge in [0.25, 0.3) is 5.09 Å². The van der Waals surface area contributed by atoms with Gasteiger partial charge in [-0.25, -0.2) is 4.79 Å². The highest BCUT2D eigenvalue weighted by Crippen LogP contribution is 2.09. The van der Waals surface area contributed by atoms with E-state index in [1.165, 1.54) is 7.11 Å². The minimum atomic E-state index is -1.02. The fourth-order valence-electron chi connectivity index (χ4n) is 1.72. The van der Waals surface area contributed by atoms with E-state index in [0.29, 0.717) is 11.1 Å². The van der Waals surface area contributed by atoms with Crippen molar-refractivity contribution in [2.24, 2.45) is 5.73 Å². The Hall–Kier alpha value is -2.66. The number of nitrogens with two attached hydrogens (primary N) is 1. The molecule has 0 bridgehead atoms. The van der Waals surface area contributed by atoms with E-state index in [-0.39, 0.29) is 24.7 Å². The first-order chi connectivity index (χ1) is 12.3. The van der Waals surface area contributed by atoms with Gasteiger partial charge in [-0.3, -0.25) is 9.59 Å². The Morgan fingerprint density at radius 2 is 1.92 bits per heavy atom. The molecule has 0 saturated heterocycles. The normalized spacial score (nSPS) is 11.3. The Morgan fingerprint density at radius 1 is 1.27 bits per heavy atom. The number of ether oxygens (including phenoxy) is 2. The minimum absolute atomic E-state index is 0.129. The van der Waals surface area contributed by atoms with Gasteiger partial charge in [-0.2, -0.15) is 11.8 Å². The molecule has 1 atom stereocenters. The maximum atomic E-state index is 11.7. The Kier molecular flexibility index (Phi) is 9.09. The first-order valence-electron chi connectivity index (χ1n) is 7.29. The molecule has 0 aliphatic heterocycles. The second-order valence-corrected chi connectivity index (χ2v) is 5.99. The number of Topliss-reactive ketones (excluding diaryl/α,β-unsaturated/α-hetero) is 1. The van der Waals surface area contributed by atoms with E-state index in [2.05, 4.69) is 9.57 Å². The van der Waals surface area contributed by atoms with Crippen molar-refractivity contribution in [1.29, 1.82) is 0 Å². The number of hydrogen-bond acceptors (Lipinski definition) is 10. The monoisotopic (exact) mass is 386 g/mol. The molecule has 26 heavy (non-hydrogen) atoms. The number of benzene rings is 1. The van der Waals surface area contributed by atoms with Gasteiger partial charge in [0.15, 0.2) is 0 Å². The molecule has 10 nitrogen and oxygen atoms in total. The van der Waals surface area contributed by atoms with Gasteiger partial charge >= 0.3 is 11.9 Å². The Bertz CT molecular complexity index is 667. The van der Waals surface area contributed by atoms with Gasteiger partial charge in [0.05, 0.1) is 12.9 Å². The number of carbonyl (C=O) groups is 3. The molecule has 1 aromatic carbocycles. The van der Waals surface area contributed by atoms with Crippen molar-refractivity contribution in [2.45, 2.75) is 19.3 Å². The summed E-state index contributed by atoms with van der Waals surface area (Å²) in [5.74, 6) is -2.44. The topological polar surface area (TPSA) is 148 Å². The van der Waals surface area contributed by atoms with Gasteiger partial charge < -0.3 is 20.0 Å². The van der Waals surface area contributed by atoms with Crippen molar-refractivity contribution >= 4 is 29.5 Å². The van der Waals surface area contributed by atoms with E-state index in [0.717, 1.165) is 11.8 Å². The number of methoxy groups -OCH3 is 1. The van der Waals surface area contributed by atoms with Crippen LogP contribution in [-0.2, 0) is 41.9 Å². The van der Waals surface area contributed by atoms with Crippen LogP contribution in [0.3, 0.4) is 0 Å². The van der Waals surface area contributed by atoms with Gasteiger partial charge in [-0.1, -0.05) is 24.3 Å². The zero-order chi connectivity index (χ0) is 19.5. The number of nitrogens with zero attached hydrogens (tertiary/aromatic N) is 1. The third kappa shape index (κ3) is 7.94. The molecule has 1 rings (SSSR count). The number of hydrogen-bond donors (Lipinski definition) is 1. The second-order valence-electron chi connectivity index (χ2n) is 4.96. The molecule has 142 valence electrons. The lowest BCUT2D eigenvalue weighted by Crippen LogP contribution is -2.34. The van der Waals surface area contributed by atoms with E-state index in [9.17, 15) is 24.5 Å². The largest absolute Gasteiger partial charge is 0.468 e. The van der Waals surface area contributed by atoms with E-state index < -0.39 is 28.9 Å².